The highest BCUT2D eigenvalue weighted by molar-refractivity contribution is 7.90. The van der Waals surface area contributed by atoms with Crippen molar-refractivity contribution in [3.8, 4) is 0 Å². The highest BCUT2D eigenvalue weighted by atomic mass is 32.2. The van der Waals surface area contributed by atoms with E-state index in [2.05, 4.69) is 14.9 Å². The average Bonchev–Trinajstić information content (AvgIpc) is 2.31. The molecule has 0 unspecified atom stereocenters. The minimum Gasteiger partial charge on any atom is -0.280 e. The molecule has 0 aromatic carbocycles. The standard InChI is InChI=1S/C6H12N4O2S/c1-4(2)5-3-6(9-8-5)10-13(7,11)12/h3-4H,1-2H3,(H2,7,11,12)(H2,8,9,10). The number of aromatic amines is 1. The van der Waals surface area contributed by atoms with Gasteiger partial charge in [0.1, 0.15) is 0 Å². The third-order valence-corrected chi connectivity index (χ3v) is 1.96. The van der Waals surface area contributed by atoms with Crippen molar-refractivity contribution in [2.45, 2.75) is 19.8 Å². The second kappa shape index (κ2) is 3.35. The summed E-state index contributed by atoms with van der Waals surface area (Å²) in [5.41, 5.74) is 0.853. The van der Waals surface area contributed by atoms with E-state index in [1.807, 2.05) is 13.8 Å². The zero-order valence-electron chi connectivity index (χ0n) is 7.40. The average molecular weight is 204 g/mol. The van der Waals surface area contributed by atoms with E-state index in [1.165, 1.54) is 0 Å². The molecule has 74 valence electrons. The van der Waals surface area contributed by atoms with Crippen molar-refractivity contribution in [1.29, 1.82) is 0 Å². The van der Waals surface area contributed by atoms with Gasteiger partial charge in [0.25, 0.3) is 10.2 Å². The first-order chi connectivity index (χ1) is 5.88. The maximum absolute atomic E-state index is 10.6. The van der Waals surface area contributed by atoms with Gasteiger partial charge in [0.15, 0.2) is 5.82 Å². The molecule has 0 amide bonds. The molecule has 1 aromatic rings. The third kappa shape index (κ3) is 3.03. The molecule has 0 saturated carbocycles. The van der Waals surface area contributed by atoms with Crippen molar-refractivity contribution in [3.05, 3.63) is 11.8 Å². The molecule has 0 atom stereocenters. The van der Waals surface area contributed by atoms with Crippen LogP contribution < -0.4 is 9.86 Å². The first-order valence-electron chi connectivity index (χ1n) is 3.74. The van der Waals surface area contributed by atoms with Crippen molar-refractivity contribution in [1.82, 2.24) is 10.2 Å². The third-order valence-electron chi connectivity index (χ3n) is 1.47. The number of hydrogen-bond acceptors (Lipinski definition) is 3. The van der Waals surface area contributed by atoms with Gasteiger partial charge in [0.2, 0.25) is 0 Å². The van der Waals surface area contributed by atoms with Crippen molar-refractivity contribution < 1.29 is 8.42 Å². The Labute approximate surface area is 76.7 Å². The monoisotopic (exact) mass is 204 g/mol. The van der Waals surface area contributed by atoms with Gasteiger partial charge in [-0.1, -0.05) is 13.8 Å². The minimum absolute atomic E-state index is 0.214. The predicted molar refractivity (Wildman–Crippen MR) is 49.4 cm³/mol. The van der Waals surface area contributed by atoms with Crippen molar-refractivity contribution in [2.24, 2.45) is 5.14 Å². The molecule has 0 saturated heterocycles. The summed E-state index contributed by atoms with van der Waals surface area (Å²) >= 11 is 0. The topological polar surface area (TPSA) is 101 Å². The summed E-state index contributed by atoms with van der Waals surface area (Å²) in [5.74, 6) is 0.481. The number of nitrogens with one attached hydrogen (secondary N) is 2. The van der Waals surface area contributed by atoms with Gasteiger partial charge in [-0.3, -0.25) is 9.82 Å². The van der Waals surface area contributed by atoms with Crippen LogP contribution in [-0.4, -0.2) is 18.6 Å². The molecule has 0 spiro atoms. The highest BCUT2D eigenvalue weighted by Crippen LogP contribution is 2.14. The largest absolute Gasteiger partial charge is 0.297 e. The zero-order valence-corrected chi connectivity index (χ0v) is 8.22. The molecule has 1 rings (SSSR count). The quantitative estimate of drug-likeness (QED) is 0.653. The fraction of sp³-hybridized carbons (Fsp3) is 0.500. The Hall–Kier alpha value is -1.08. The Morgan fingerprint density at radius 3 is 2.62 bits per heavy atom. The van der Waals surface area contributed by atoms with E-state index in [0.717, 1.165) is 5.69 Å². The van der Waals surface area contributed by atoms with Gasteiger partial charge in [0, 0.05) is 11.8 Å². The lowest BCUT2D eigenvalue weighted by Gasteiger charge is -1.97. The lowest BCUT2D eigenvalue weighted by Crippen LogP contribution is -2.21. The minimum atomic E-state index is -3.72. The molecule has 0 bridgehead atoms. The molecular formula is C6H12N4O2S. The maximum Gasteiger partial charge on any atom is 0.297 e. The molecule has 0 radical (unpaired) electrons. The Balaban J connectivity index is 2.81. The smallest absolute Gasteiger partial charge is 0.280 e. The van der Waals surface area contributed by atoms with Gasteiger partial charge in [0.05, 0.1) is 0 Å². The van der Waals surface area contributed by atoms with Crippen LogP contribution in [0.4, 0.5) is 5.82 Å². The van der Waals surface area contributed by atoms with Crippen LogP contribution in [0.15, 0.2) is 6.07 Å². The van der Waals surface area contributed by atoms with Crippen LogP contribution in [0.5, 0.6) is 0 Å². The molecule has 0 aliphatic rings. The van der Waals surface area contributed by atoms with Crippen LogP contribution in [0.1, 0.15) is 25.5 Å². The van der Waals surface area contributed by atoms with Gasteiger partial charge in [-0.25, -0.2) is 5.14 Å². The summed E-state index contributed by atoms with van der Waals surface area (Å²) in [4.78, 5) is 0. The first-order valence-corrected chi connectivity index (χ1v) is 5.29. The van der Waals surface area contributed by atoms with E-state index in [1.54, 1.807) is 6.07 Å². The van der Waals surface area contributed by atoms with E-state index in [0.29, 0.717) is 0 Å². The second-order valence-corrected chi connectivity index (χ2v) is 4.30. The van der Waals surface area contributed by atoms with E-state index in [-0.39, 0.29) is 11.7 Å². The Kier molecular flexibility index (Phi) is 2.58. The Morgan fingerprint density at radius 1 is 1.62 bits per heavy atom. The SMILES string of the molecule is CC(C)c1cc(NS(N)(=O)=O)n[nH]1. The molecular weight excluding hydrogens is 192 g/mol. The van der Waals surface area contributed by atoms with Gasteiger partial charge < -0.3 is 0 Å². The number of anilines is 1. The number of H-pyrrole nitrogens is 1. The summed E-state index contributed by atoms with van der Waals surface area (Å²) in [6.07, 6.45) is 0. The van der Waals surface area contributed by atoms with Crippen molar-refractivity contribution >= 4 is 16.0 Å². The van der Waals surface area contributed by atoms with Gasteiger partial charge in [-0.15, -0.1) is 0 Å². The van der Waals surface area contributed by atoms with E-state index >= 15 is 0 Å². The molecule has 0 aliphatic heterocycles. The van der Waals surface area contributed by atoms with E-state index in [4.69, 9.17) is 5.14 Å². The van der Waals surface area contributed by atoms with E-state index < -0.39 is 10.2 Å². The molecule has 1 aromatic heterocycles. The molecule has 7 heteroatoms. The summed E-state index contributed by atoms with van der Waals surface area (Å²) < 4.78 is 23.2. The van der Waals surface area contributed by atoms with Crippen LogP contribution >= 0.6 is 0 Å². The molecule has 4 N–H and O–H groups in total. The first kappa shape index (κ1) is 10.0. The predicted octanol–water partition coefficient (Wildman–Crippen LogP) is 0.149. The fourth-order valence-electron chi connectivity index (χ4n) is 0.830. The number of nitrogens with two attached hydrogens (primary N) is 1. The van der Waals surface area contributed by atoms with Crippen LogP contribution in [-0.2, 0) is 10.2 Å². The normalized spacial score (nSPS) is 12.0. The highest BCUT2D eigenvalue weighted by Gasteiger charge is 2.07. The molecule has 1 heterocycles. The molecule has 13 heavy (non-hydrogen) atoms. The van der Waals surface area contributed by atoms with Crippen LogP contribution in [0.3, 0.4) is 0 Å². The Morgan fingerprint density at radius 2 is 2.23 bits per heavy atom. The maximum atomic E-state index is 10.6. The second-order valence-electron chi connectivity index (χ2n) is 3.01. The van der Waals surface area contributed by atoms with Gasteiger partial charge in [-0.05, 0) is 5.92 Å². The van der Waals surface area contributed by atoms with Gasteiger partial charge >= 0.3 is 0 Å². The summed E-state index contributed by atoms with van der Waals surface area (Å²) in [7, 11) is -3.72. The number of aromatic nitrogens is 2. The van der Waals surface area contributed by atoms with E-state index in [9.17, 15) is 8.42 Å². The van der Waals surface area contributed by atoms with Crippen LogP contribution in [0.2, 0.25) is 0 Å². The van der Waals surface area contributed by atoms with Crippen LogP contribution in [0, 0.1) is 0 Å². The zero-order chi connectivity index (χ0) is 10.1. The number of hydrogen-bond donors (Lipinski definition) is 3. The fourth-order valence-corrected chi connectivity index (χ4v) is 1.23. The summed E-state index contributed by atoms with van der Waals surface area (Å²) in [6, 6.07) is 1.61. The molecule has 0 aliphatic carbocycles. The lowest BCUT2D eigenvalue weighted by molar-refractivity contribution is 0.602. The lowest BCUT2D eigenvalue weighted by atomic mass is 10.1. The Bertz CT molecular complexity index is 381. The van der Waals surface area contributed by atoms with Crippen molar-refractivity contribution in [2.75, 3.05) is 4.72 Å². The van der Waals surface area contributed by atoms with Gasteiger partial charge in [-0.2, -0.15) is 13.5 Å². The number of rotatable bonds is 3. The van der Waals surface area contributed by atoms with Crippen LogP contribution in [0.25, 0.3) is 0 Å². The summed E-state index contributed by atoms with van der Waals surface area (Å²) in [5, 5.41) is 11.2. The number of nitrogens with zero attached hydrogens (tertiary/aromatic N) is 1. The molecule has 0 fully saturated rings. The van der Waals surface area contributed by atoms with Crippen molar-refractivity contribution in [3.63, 3.8) is 0 Å². The molecule has 6 nitrogen and oxygen atoms in total. The summed E-state index contributed by atoms with van der Waals surface area (Å²) in [6.45, 7) is 3.93.